The molecular weight excluding hydrogens is 405 g/mol. The molecule has 0 spiro atoms. The average Bonchev–Trinajstić information content (AvgIpc) is 3.11. The van der Waals surface area contributed by atoms with Gasteiger partial charge in [0.25, 0.3) is 0 Å². The summed E-state index contributed by atoms with van der Waals surface area (Å²) in [6, 6.07) is 8.20. The zero-order chi connectivity index (χ0) is 22.3. The van der Waals surface area contributed by atoms with E-state index in [2.05, 4.69) is 17.0 Å². The lowest BCUT2D eigenvalue weighted by atomic mass is 9.88. The largest absolute Gasteiger partial charge is 0.497 e. The van der Waals surface area contributed by atoms with Crippen LogP contribution in [0.1, 0.15) is 12.0 Å². The molecule has 2 aliphatic heterocycles. The van der Waals surface area contributed by atoms with E-state index in [0.29, 0.717) is 18.4 Å². The highest BCUT2D eigenvalue weighted by molar-refractivity contribution is 5.80. The van der Waals surface area contributed by atoms with Gasteiger partial charge in [0.15, 0.2) is 0 Å². The number of methoxy groups -OCH3 is 2. The van der Waals surface area contributed by atoms with Crippen molar-refractivity contribution in [2.45, 2.75) is 19.1 Å². The molecule has 2 atom stereocenters. The molecule has 2 saturated heterocycles. The van der Waals surface area contributed by atoms with E-state index in [1.54, 1.807) is 14.2 Å². The van der Waals surface area contributed by atoms with Gasteiger partial charge in [-0.05, 0) is 30.0 Å². The number of aliphatic carboxylic acids is 1. The maximum atomic E-state index is 12.6. The third-order valence-corrected chi connectivity index (χ3v) is 5.29. The van der Waals surface area contributed by atoms with Gasteiger partial charge in [0.2, 0.25) is 5.91 Å². The number of carboxylic acids is 1. The molecule has 0 unspecified atom stereocenters. The summed E-state index contributed by atoms with van der Waals surface area (Å²) in [6.45, 7) is 5.03. The Bertz CT molecular complexity index is 711. The molecule has 3 rings (SSSR count). The number of alkyl halides is 3. The zero-order valence-electron chi connectivity index (χ0n) is 17.0. The van der Waals surface area contributed by atoms with Gasteiger partial charge in [0, 0.05) is 39.8 Å². The van der Waals surface area contributed by atoms with E-state index in [1.165, 1.54) is 5.56 Å². The summed E-state index contributed by atoms with van der Waals surface area (Å²) < 4.78 is 42.0. The van der Waals surface area contributed by atoms with Crippen molar-refractivity contribution in [3.8, 4) is 5.75 Å². The summed E-state index contributed by atoms with van der Waals surface area (Å²) in [5.41, 5.74) is 1.27. The van der Waals surface area contributed by atoms with Crippen LogP contribution < -0.4 is 4.74 Å². The highest BCUT2D eigenvalue weighted by Gasteiger charge is 2.42. The number of ether oxygens (including phenoxy) is 2. The fourth-order valence-electron chi connectivity index (χ4n) is 3.74. The molecule has 0 radical (unpaired) electrons. The van der Waals surface area contributed by atoms with E-state index in [0.717, 1.165) is 44.9 Å². The fraction of sp³-hybridized carbons (Fsp3) is 0.600. The van der Waals surface area contributed by atoms with Crippen molar-refractivity contribution in [1.82, 2.24) is 9.80 Å². The third kappa shape index (κ3) is 6.60. The number of hydrogen-bond donors (Lipinski definition) is 1. The number of hydrogen-bond acceptors (Lipinski definition) is 5. The third-order valence-electron chi connectivity index (χ3n) is 5.29. The molecule has 0 saturated carbocycles. The van der Waals surface area contributed by atoms with Crippen LogP contribution >= 0.6 is 0 Å². The van der Waals surface area contributed by atoms with Crippen LogP contribution in [0.5, 0.6) is 5.75 Å². The van der Waals surface area contributed by atoms with Crippen LogP contribution in [-0.4, -0.2) is 80.0 Å². The first kappa shape index (κ1) is 23.9. The molecule has 1 N–H and O–H groups in total. The highest BCUT2D eigenvalue weighted by atomic mass is 19.4. The Kier molecular flexibility index (Phi) is 8.48. The molecule has 2 heterocycles. The van der Waals surface area contributed by atoms with Gasteiger partial charge in [-0.1, -0.05) is 12.1 Å². The Morgan fingerprint density at radius 1 is 1.20 bits per heavy atom. The minimum Gasteiger partial charge on any atom is -0.497 e. The van der Waals surface area contributed by atoms with Gasteiger partial charge in [-0.2, -0.15) is 13.2 Å². The van der Waals surface area contributed by atoms with Crippen molar-refractivity contribution in [1.29, 1.82) is 0 Å². The van der Waals surface area contributed by atoms with Crippen molar-refractivity contribution in [2.24, 2.45) is 11.8 Å². The zero-order valence-corrected chi connectivity index (χ0v) is 17.0. The van der Waals surface area contributed by atoms with E-state index in [-0.39, 0.29) is 5.92 Å². The van der Waals surface area contributed by atoms with Crippen LogP contribution in [-0.2, 0) is 20.9 Å². The van der Waals surface area contributed by atoms with E-state index in [1.807, 2.05) is 17.0 Å². The van der Waals surface area contributed by atoms with Crippen LogP contribution in [0.3, 0.4) is 0 Å². The Hall–Kier alpha value is -2.33. The average molecular weight is 432 g/mol. The van der Waals surface area contributed by atoms with Gasteiger partial charge >= 0.3 is 12.1 Å². The van der Waals surface area contributed by atoms with Crippen LogP contribution in [0.15, 0.2) is 24.3 Å². The number of halogens is 3. The van der Waals surface area contributed by atoms with Gasteiger partial charge in [-0.25, -0.2) is 4.79 Å². The lowest BCUT2D eigenvalue weighted by Gasteiger charge is -2.33. The predicted molar refractivity (Wildman–Crippen MR) is 102 cm³/mol. The summed E-state index contributed by atoms with van der Waals surface area (Å²) in [5.74, 6) is -0.880. The number of piperidine rings is 1. The molecule has 168 valence electrons. The molecule has 0 bridgehead atoms. The monoisotopic (exact) mass is 432 g/mol. The number of fused-ring (bicyclic) bond motifs is 1. The first-order chi connectivity index (χ1) is 14.2. The molecule has 1 aromatic carbocycles. The fourth-order valence-corrected chi connectivity index (χ4v) is 3.74. The Labute approximate surface area is 173 Å². The summed E-state index contributed by atoms with van der Waals surface area (Å²) in [4.78, 5) is 25.9. The van der Waals surface area contributed by atoms with Crippen LogP contribution in [0, 0.1) is 11.8 Å². The second-order valence-corrected chi connectivity index (χ2v) is 7.32. The Morgan fingerprint density at radius 3 is 2.37 bits per heavy atom. The highest BCUT2D eigenvalue weighted by Crippen LogP contribution is 2.33. The van der Waals surface area contributed by atoms with E-state index in [4.69, 9.17) is 19.4 Å². The molecule has 10 heteroatoms. The maximum Gasteiger partial charge on any atom is 0.490 e. The summed E-state index contributed by atoms with van der Waals surface area (Å²) >= 11 is 0. The number of amides is 1. The number of benzene rings is 1. The Morgan fingerprint density at radius 2 is 1.83 bits per heavy atom. The molecule has 0 aliphatic carbocycles. The van der Waals surface area contributed by atoms with Crippen molar-refractivity contribution in [3.05, 3.63) is 29.8 Å². The molecule has 7 nitrogen and oxygen atoms in total. The normalized spacial score (nSPS) is 21.6. The Balaban J connectivity index is 0.000000396. The van der Waals surface area contributed by atoms with Gasteiger partial charge < -0.3 is 19.5 Å². The number of carboxylic acid groups (broad SMARTS) is 1. The number of carbonyl (C=O) groups is 2. The summed E-state index contributed by atoms with van der Waals surface area (Å²) in [6.07, 6.45) is -3.97. The van der Waals surface area contributed by atoms with Crippen LogP contribution in [0.2, 0.25) is 0 Å². The smallest absolute Gasteiger partial charge is 0.490 e. The minimum atomic E-state index is -5.08. The lowest BCUT2D eigenvalue weighted by molar-refractivity contribution is -0.192. The summed E-state index contributed by atoms with van der Waals surface area (Å²) in [7, 11) is 3.37. The maximum absolute atomic E-state index is 12.6. The van der Waals surface area contributed by atoms with Crippen molar-refractivity contribution in [3.63, 3.8) is 0 Å². The number of rotatable bonds is 6. The molecule has 1 amide bonds. The SMILES string of the molecule is COCCN1CC[C@H]2CN(Cc3ccc(OC)cc3)C[C@@H]2C1=O.O=C(O)C(F)(F)F. The van der Waals surface area contributed by atoms with Gasteiger partial charge in [-0.3, -0.25) is 9.69 Å². The molecule has 2 aliphatic rings. The molecule has 0 aromatic heterocycles. The molecule has 30 heavy (non-hydrogen) atoms. The van der Waals surface area contributed by atoms with Crippen molar-refractivity contribution < 1.29 is 37.3 Å². The van der Waals surface area contributed by atoms with Gasteiger partial charge in [0.1, 0.15) is 5.75 Å². The molecule has 2 fully saturated rings. The van der Waals surface area contributed by atoms with E-state index < -0.39 is 12.1 Å². The van der Waals surface area contributed by atoms with Gasteiger partial charge in [0.05, 0.1) is 19.6 Å². The second kappa shape index (κ2) is 10.6. The second-order valence-electron chi connectivity index (χ2n) is 7.32. The van der Waals surface area contributed by atoms with Crippen molar-refractivity contribution in [2.75, 3.05) is 47.0 Å². The molecule has 1 aromatic rings. The minimum absolute atomic E-state index is 0.166. The van der Waals surface area contributed by atoms with Crippen molar-refractivity contribution >= 4 is 11.9 Å². The number of nitrogens with zero attached hydrogens (tertiary/aromatic N) is 2. The van der Waals surface area contributed by atoms with E-state index in [9.17, 15) is 18.0 Å². The lowest BCUT2D eigenvalue weighted by Crippen LogP contribution is -2.46. The topological polar surface area (TPSA) is 79.3 Å². The summed E-state index contributed by atoms with van der Waals surface area (Å²) in [5, 5.41) is 7.12. The van der Waals surface area contributed by atoms with Crippen LogP contribution in [0.25, 0.3) is 0 Å². The molecular formula is C20H27F3N2O5. The number of likely N-dealkylation sites (tertiary alicyclic amines) is 2. The van der Waals surface area contributed by atoms with E-state index >= 15 is 0 Å². The first-order valence-electron chi connectivity index (χ1n) is 9.58. The van der Waals surface area contributed by atoms with Crippen LogP contribution in [0.4, 0.5) is 13.2 Å². The first-order valence-corrected chi connectivity index (χ1v) is 9.58. The quantitative estimate of drug-likeness (QED) is 0.743. The standard InChI is InChI=1S/C18H26N2O3.C2HF3O2/c1-22-10-9-20-8-7-15-12-19(13-17(15)18(20)21)11-14-3-5-16(23-2)6-4-14;3-2(4,5)1(6)7/h3-6,15,17H,7-13H2,1-2H3;(H,6,7)/t15-,17-;/m0./s1. The number of carbonyl (C=O) groups excluding carboxylic acids is 1. The van der Waals surface area contributed by atoms with Gasteiger partial charge in [-0.15, -0.1) is 0 Å². The predicted octanol–water partition coefficient (Wildman–Crippen LogP) is 2.26.